The molecule has 0 aliphatic carbocycles. The number of carbonyl (C=O) groups excluding carboxylic acids is 1. The number of fused-ring (bicyclic) bond motifs is 1. The first-order chi connectivity index (χ1) is 9.76. The second-order valence-electron chi connectivity index (χ2n) is 4.69. The van der Waals surface area contributed by atoms with Crippen molar-refractivity contribution in [1.82, 2.24) is 9.55 Å². The fourth-order valence-electron chi connectivity index (χ4n) is 2.14. The summed E-state index contributed by atoms with van der Waals surface area (Å²) < 4.78 is 6.90. The Morgan fingerprint density at radius 1 is 1.35 bits per heavy atom. The zero-order chi connectivity index (χ0) is 14.4. The van der Waals surface area contributed by atoms with Gasteiger partial charge in [0, 0.05) is 0 Å². The van der Waals surface area contributed by atoms with Gasteiger partial charge >= 0.3 is 5.97 Å². The maximum Gasteiger partial charge on any atom is 0.326 e. The van der Waals surface area contributed by atoms with Crippen LogP contribution in [-0.2, 0) is 22.7 Å². The summed E-state index contributed by atoms with van der Waals surface area (Å²) in [6, 6.07) is 7.50. The number of rotatable bonds is 7. The highest BCUT2D eigenvalue weighted by molar-refractivity contribution is 5.78. The molecular weight excluding hydrogens is 256 g/mol. The quantitative estimate of drug-likeness (QED) is 0.622. The van der Waals surface area contributed by atoms with Crippen molar-refractivity contribution >= 4 is 17.0 Å². The van der Waals surface area contributed by atoms with Gasteiger partial charge in [0.2, 0.25) is 0 Å². The molecule has 1 aromatic heterocycles. The number of hydrogen-bond acceptors (Lipinski definition) is 4. The van der Waals surface area contributed by atoms with Crippen molar-refractivity contribution in [2.75, 3.05) is 6.61 Å². The summed E-state index contributed by atoms with van der Waals surface area (Å²) in [4.78, 5) is 16.1. The van der Waals surface area contributed by atoms with Gasteiger partial charge in [-0.1, -0.05) is 31.9 Å². The maximum atomic E-state index is 11.8. The van der Waals surface area contributed by atoms with Gasteiger partial charge in [0.15, 0.2) is 0 Å². The van der Waals surface area contributed by atoms with Gasteiger partial charge in [0.05, 0.1) is 17.6 Å². The van der Waals surface area contributed by atoms with Gasteiger partial charge in [0.1, 0.15) is 19.0 Å². The topological polar surface area (TPSA) is 64.3 Å². The van der Waals surface area contributed by atoms with Gasteiger partial charge in [-0.15, -0.1) is 0 Å². The fraction of sp³-hybridized carbons (Fsp3) is 0.467. The molecule has 2 rings (SSSR count). The lowest BCUT2D eigenvalue weighted by Gasteiger charge is -2.08. The zero-order valence-electron chi connectivity index (χ0n) is 11.7. The number of hydrogen-bond donors (Lipinski definition) is 1. The molecule has 1 aromatic carbocycles. The summed E-state index contributed by atoms with van der Waals surface area (Å²) in [5.41, 5.74) is 1.61. The largest absolute Gasteiger partial charge is 0.464 e. The molecule has 1 heterocycles. The summed E-state index contributed by atoms with van der Waals surface area (Å²) >= 11 is 0. The van der Waals surface area contributed by atoms with E-state index >= 15 is 0 Å². The highest BCUT2D eigenvalue weighted by Crippen LogP contribution is 2.16. The molecule has 0 saturated heterocycles. The summed E-state index contributed by atoms with van der Waals surface area (Å²) in [6.45, 7) is 2.45. The number of aliphatic hydroxyl groups is 1. The minimum Gasteiger partial charge on any atom is -0.464 e. The highest BCUT2D eigenvalue weighted by Gasteiger charge is 2.13. The molecule has 5 heteroatoms. The lowest BCUT2D eigenvalue weighted by Crippen LogP contribution is -2.16. The number of benzene rings is 1. The molecule has 5 nitrogen and oxygen atoms in total. The minimum atomic E-state index is -0.293. The predicted octanol–water partition coefficient (Wildman–Crippen LogP) is 2.26. The first-order valence-electron chi connectivity index (χ1n) is 6.97. The number of unbranched alkanes of at least 4 members (excludes halogenated alkanes) is 2. The van der Waals surface area contributed by atoms with Gasteiger partial charge < -0.3 is 14.4 Å². The number of aromatic nitrogens is 2. The van der Waals surface area contributed by atoms with Gasteiger partial charge in [-0.25, -0.2) is 4.98 Å². The van der Waals surface area contributed by atoms with Crippen molar-refractivity contribution < 1.29 is 14.6 Å². The summed E-state index contributed by atoms with van der Waals surface area (Å²) in [5.74, 6) is 0.190. The van der Waals surface area contributed by atoms with E-state index in [2.05, 4.69) is 11.9 Å². The van der Waals surface area contributed by atoms with E-state index in [0.29, 0.717) is 12.4 Å². The third-order valence-electron chi connectivity index (χ3n) is 3.17. The van der Waals surface area contributed by atoms with Crippen LogP contribution in [0.2, 0.25) is 0 Å². The molecule has 0 amide bonds. The number of para-hydroxylation sites is 2. The second-order valence-corrected chi connectivity index (χ2v) is 4.69. The van der Waals surface area contributed by atoms with Crippen LogP contribution in [0.15, 0.2) is 24.3 Å². The van der Waals surface area contributed by atoms with Crippen LogP contribution in [0.25, 0.3) is 11.0 Å². The molecule has 0 spiro atoms. The van der Waals surface area contributed by atoms with Gasteiger partial charge in [0.25, 0.3) is 0 Å². The van der Waals surface area contributed by atoms with Crippen molar-refractivity contribution in [2.24, 2.45) is 0 Å². The first-order valence-corrected chi connectivity index (χ1v) is 6.97. The van der Waals surface area contributed by atoms with E-state index in [4.69, 9.17) is 4.74 Å². The van der Waals surface area contributed by atoms with Crippen LogP contribution in [-0.4, -0.2) is 27.2 Å². The van der Waals surface area contributed by atoms with E-state index < -0.39 is 0 Å². The lowest BCUT2D eigenvalue weighted by atomic mass is 10.3. The van der Waals surface area contributed by atoms with Crippen LogP contribution in [0.3, 0.4) is 0 Å². The molecule has 0 radical (unpaired) electrons. The molecule has 2 aromatic rings. The van der Waals surface area contributed by atoms with Gasteiger partial charge in [-0.2, -0.15) is 0 Å². The molecule has 0 fully saturated rings. The third kappa shape index (κ3) is 3.36. The van der Waals surface area contributed by atoms with Crippen LogP contribution in [0, 0.1) is 0 Å². The van der Waals surface area contributed by atoms with Crippen LogP contribution < -0.4 is 0 Å². The Labute approximate surface area is 118 Å². The average molecular weight is 276 g/mol. The average Bonchev–Trinajstić information content (AvgIpc) is 2.82. The monoisotopic (exact) mass is 276 g/mol. The van der Waals surface area contributed by atoms with E-state index in [-0.39, 0.29) is 19.1 Å². The molecular formula is C15H20N2O3. The highest BCUT2D eigenvalue weighted by atomic mass is 16.5. The summed E-state index contributed by atoms with van der Waals surface area (Å²) in [6.07, 6.45) is 3.04. The molecule has 0 unspecified atom stereocenters. The number of nitrogens with zero attached hydrogens (tertiary/aromatic N) is 2. The van der Waals surface area contributed by atoms with Crippen molar-refractivity contribution in [2.45, 2.75) is 39.3 Å². The van der Waals surface area contributed by atoms with E-state index in [1.54, 1.807) is 4.57 Å². The maximum absolute atomic E-state index is 11.8. The van der Waals surface area contributed by atoms with Crippen LogP contribution in [0.4, 0.5) is 0 Å². The second kappa shape index (κ2) is 7.05. The molecule has 1 N–H and O–H groups in total. The standard InChI is InChI=1S/C15H20N2O3/c1-2-3-6-9-20-15(19)10-17-13-8-5-4-7-12(13)16-14(17)11-18/h4-5,7-8,18H,2-3,6,9-11H2,1H3. The van der Waals surface area contributed by atoms with Crippen molar-refractivity contribution in [3.05, 3.63) is 30.1 Å². The smallest absolute Gasteiger partial charge is 0.326 e. The molecule has 0 bridgehead atoms. The summed E-state index contributed by atoms with van der Waals surface area (Å²) in [5, 5.41) is 9.34. The van der Waals surface area contributed by atoms with Gasteiger partial charge in [-0.05, 0) is 18.6 Å². The molecule has 20 heavy (non-hydrogen) atoms. The molecule has 0 aliphatic heterocycles. The SMILES string of the molecule is CCCCCOC(=O)Cn1c(CO)nc2ccccc21. The van der Waals surface area contributed by atoms with E-state index in [0.717, 1.165) is 30.3 Å². The van der Waals surface area contributed by atoms with E-state index in [9.17, 15) is 9.90 Å². The van der Waals surface area contributed by atoms with Crippen LogP contribution >= 0.6 is 0 Å². The number of ether oxygens (including phenoxy) is 1. The number of imidazole rings is 1. The molecule has 108 valence electrons. The van der Waals surface area contributed by atoms with Crippen molar-refractivity contribution in [3.63, 3.8) is 0 Å². The molecule has 0 atom stereocenters. The Bertz CT molecular complexity index is 578. The molecule has 0 saturated carbocycles. The number of esters is 1. The fourth-order valence-corrected chi connectivity index (χ4v) is 2.14. The van der Waals surface area contributed by atoms with E-state index in [1.807, 2.05) is 24.3 Å². The van der Waals surface area contributed by atoms with E-state index in [1.165, 1.54) is 0 Å². The Morgan fingerprint density at radius 2 is 2.15 bits per heavy atom. The predicted molar refractivity (Wildman–Crippen MR) is 76.1 cm³/mol. The Morgan fingerprint density at radius 3 is 2.90 bits per heavy atom. The van der Waals surface area contributed by atoms with Crippen molar-refractivity contribution in [1.29, 1.82) is 0 Å². The van der Waals surface area contributed by atoms with Gasteiger partial charge in [-0.3, -0.25) is 4.79 Å². The van der Waals surface area contributed by atoms with Crippen LogP contribution in [0.1, 0.15) is 32.0 Å². The third-order valence-corrected chi connectivity index (χ3v) is 3.17. The minimum absolute atomic E-state index is 0.0858. The number of aliphatic hydroxyl groups excluding tert-OH is 1. The Balaban J connectivity index is 2.06. The van der Waals surface area contributed by atoms with Crippen LogP contribution in [0.5, 0.6) is 0 Å². The zero-order valence-corrected chi connectivity index (χ0v) is 11.7. The lowest BCUT2D eigenvalue weighted by molar-refractivity contribution is -0.144. The Kier molecular flexibility index (Phi) is 5.12. The Hall–Kier alpha value is -1.88. The van der Waals surface area contributed by atoms with Crippen molar-refractivity contribution in [3.8, 4) is 0 Å². The number of carbonyl (C=O) groups is 1. The first kappa shape index (κ1) is 14.5. The summed E-state index contributed by atoms with van der Waals surface area (Å²) in [7, 11) is 0. The normalized spacial score (nSPS) is 10.9. The molecule has 0 aliphatic rings.